The van der Waals surface area contributed by atoms with Gasteiger partial charge < -0.3 is 10.1 Å². The van der Waals surface area contributed by atoms with Gasteiger partial charge in [0.25, 0.3) is 0 Å². The quantitative estimate of drug-likeness (QED) is 0.697. The zero-order valence-corrected chi connectivity index (χ0v) is 14.8. The summed E-state index contributed by atoms with van der Waals surface area (Å²) in [5.74, 6) is -0.932. The molecule has 0 bridgehead atoms. The summed E-state index contributed by atoms with van der Waals surface area (Å²) >= 11 is 1.86. The van der Waals surface area contributed by atoms with E-state index in [-0.39, 0.29) is 11.8 Å². The molecule has 0 amide bonds. The summed E-state index contributed by atoms with van der Waals surface area (Å²) in [6, 6.07) is 3.37. The van der Waals surface area contributed by atoms with Gasteiger partial charge in [0.15, 0.2) is 23.0 Å². The highest BCUT2D eigenvalue weighted by atomic mass is 32.2. The van der Waals surface area contributed by atoms with E-state index in [0.29, 0.717) is 22.8 Å². The van der Waals surface area contributed by atoms with Crippen molar-refractivity contribution in [1.29, 1.82) is 0 Å². The minimum atomic E-state index is -0.815. The van der Waals surface area contributed by atoms with Crippen LogP contribution in [0.25, 0.3) is 11.0 Å². The van der Waals surface area contributed by atoms with Crippen molar-refractivity contribution in [2.75, 3.05) is 11.6 Å². The third kappa shape index (κ3) is 3.31. The van der Waals surface area contributed by atoms with Crippen LogP contribution in [0.2, 0.25) is 0 Å². The zero-order valence-electron chi connectivity index (χ0n) is 14.0. The number of ether oxygens (including phenoxy) is 1. The fourth-order valence-electron chi connectivity index (χ4n) is 3.16. The fourth-order valence-corrected chi connectivity index (χ4v) is 4.09. The van der Waals surface area contributed by atoms with Crippen LogP contribution in [0.15, 0.2) is 24.4 Å². The standard InChI is InChI=1S/C17H17F2N5OS/c1-26-14-4-2-3-12(14)21-15-10-8-20-17(22-16(10)24-23-15)25-13-6-5-9(18)7-11(13)19/h5-8,12,14H,2-4H2,1H3,(H2,20,21,22,23,24)/t12-,14+/m1/s1. The molecule has 4 rings (SSSR count). The molecule has 3 aromatic rings. The van der Waals surface area contributed by atoms with E-state index in [1.54, 1.807) is 6.20 Å². The van der Waals surface area contributed by atoms with E-state index in [4.69, 9.17) is 4.74 Å². The van der Waals surface area contributed by atoms with Crippen LogP contribution in [0, 0.1) is 11.6 Å². The Hall–Kier alpha value is -2.42. The molecule has 2 heterocycles. The smallest absolute Gasteiger partial charge is 0.324 e. The first kappa shape index (κ1) is 17.0. The van der Waals surface area contributed by atoms with E-state index in [9.17, 15) is 8.78 Å². The Morgan fingerprint density at radius 1 is 1.31 bits per heavy atom. The maximum absolute atomic E-state index is 13.7. The van der Waals surface area contributed by atoms with Gasteiger partial charge in [0.1, 0.15) is 5.82 Å². The Balaban J connectivity index is 1.55. The van der Waals surface area contributed by atoms with E-state index >= 15 is 0 Å². The SMILES string of the molecule is CS[C@H]1CCC[C@H]1Nc1n[nH]c2nc(Oc3ccc(F)cc3F)ncc12. The van der Waals surface area contributed by atoms with Gasteiger partial charge in [-0.1, -0.05) is 6.42 Å². The highest BCUT2D eigenvalue weighted by molar-refractivity contribution is 7.99. The molecule has 0 saturated heterocycles. The van der Waals surface area contributed by atoms with Gasteiger partial charge in [-0.2, -0.15) is 21.8 Å². The summed E-state index contributed by atoms with van der Waals surface area (Å²) in [4.78, 5) is 8.32. The molecule has 1 saturated carbocycles. The number of anilines is 1. The van der Waals surface area contributed by atoms with Crippen molar-refractivity contribution in [1.82, 2.24) is 20.2 Å². The Kier molecular flexibility index (Phi) is 4.62. The molecule has 136 valence electrons. The maximum Gasteiger partial charge on any atom is 0.324 e. The number of nitrogens with one attached hydrogen (secondary N) is 2. The van der Waals surface area contributed by atoms with Gasteiger partial charge in [-0.15, -0.1) is 0 Å². The summed E-state index contributed by atoms with van der Waals surface area (Å²) in [5, 5.41) is 11.9. The summed E-state index contributed by atoms with van der Waals surface area (Å²) < 4.78 is 32.0. The third-order valence-electron chi connectivity index (χ3n) is 4.47. The van der Waals surface area contributed by atoms with Crippen molar-refractivity contribution < 1.29 is 13.5 Å². The number of aromatic nitrogens is 4. The van der Waals surface area contributed by atoms with Crippen LogP contribution < -0.4 is 10.1 Å². The van der Waals surface area contributed by atoms with Crippen molar-refractivity contribution in [3.8, 4) is 11.8 Å². The lowest BCUT2D eigenvalue weighted by molar-refractivity contribution is 0.409. The number of aromatic amines is 1. The third-order valence-corrected chi connectivity index (χ3v) is 5.64. The Morgan fingerprint density at radius 2 is 2.19 bits per heavy atom. The molecule has 1 aliphatic carbocycles. The van der Waals surface area contributed by atoms with Gasteiger partial charge >= 0.3 is 6.01 Å². The molecule has 1 aliphatic rings. The predicted molar refractivity (Wildman–Crippen MR) is 96.7 cm³/mol. The van der Waals surface area contributed by atoms with Crippen LogP contribution in [-0.4, -0.2) is 37.7 Å². The van der Waals surface area contributed by atoms with E-state index in [0.717, 1.165) is 23.9 Å². The van der Waals surface area contributed by atoms with E-state index < -0.39 is 11.6 Å². The van der Waals surface area contributed by atoms with Gasteiger partial charge in [0, 0.05) is 23.6 Å². The first-order valence-corrected chi connectivity index (χ1v) is 9.56. The second-order valence-electron chi connectivity index (χ2n) is 6.12. The molecule has 2 aromatic heterocycles. The van der Waals surface area contributed by atoms with Crippen molar-refractivity contribution >= 4 is 28.6 Å². The van der Waals surface area contributed by atoms with E-state index in [1.165, 1.54) is 18.9 Å². The minimum absolute atomic E-state index is 0.0407. The van der Waals surface area contributed by atoms with Crippen LogP contribution >= 0.6 is 11.8 Å². The lowest BCUT2D eigenvalue weighted by Crippen LogP contribution is -2.25. The number of rotatable bonds is 5. The lowest BCUT2D eigenvalue weighted by atomic mass is 10.2. The summed E-state index contributed by atoms with van der Waals surface area (Å²) in [7, 11) is 0. The second kappa shape index (κ2) is 7.06. The normalized spacial score (nSPS) is 19.8. The molecule has 6 nitrogen and oxygen atoms in total. The largest absolute Gasteiger partial charge is 0.421 e. The number of thioether (sulfide) groups is 1. The first-order valence-electron chi connectivity index (χ1n) is 8.27. The Labute approximate surface area is 152 Å². The van der Waals surface area contributed by atoms with E-state index in [1.807, 2.05) is 11.8 Å². The van der Waals surface area contributed by atoms with Gasteiger partial charge in [-0.3, -0.25) is 5.10 Å². The Bertz CT molecular complexity index is 935. The Morgan fingerprint density at radius 3 is 3.00 bits per heavy atom. The van der Waals surface area contributed by atoms with Crippen molar-refractivity contribution in [2.45, 2.75) is 30.6 Å². The number of hydrogen-bond donors (Lipinski definition) is 2. The number of hydrogen-bond acceptors (Lipinski definition) is 6. The van der Waals surface area contributed by atoms with Gasteiger partial charge in [0.2, 0.25) is 0 Å². The number of halogens is 2. The topological polar surface area (TPSA) is 75.7 Å². The predicted octanol–water partition coefficient (Wildman–Crippen LogP) is 4.12. The first-order chi connectivity index (χ1) is 12.6. The number of fused-ring (bicyclic) bond motifs is 1. The molecule has 0 radical (unpaired) electrons. The van der Waals surface area contributed by atoms with E-state index in [2.05, 4.69) is 31.7 Å². The molecular formula is C17H17F2N5OS. The molecule has 1 fully saturated rings. The van der Waals surface area contributed by atoms with Crippen LogP contribution in [0.3, 0.4) is 0 Å². The number of benzene rings is 1. The maximum atomic E-state index is 13.7. The summed E-state index contributed by atoms with van der Waals surface area (Å²) in [6.07, 6.45) is 7.19. The van der Waals surface area contributed by atoms with Crippen LogP contribution in [0.5, 0.6) is 11.8 Å². The molecule has 26 heavy (non-hydrogen) atoms. The highest BCUT2D eigenvalue weighted by Crippen LogP contribution is 2.32. The van der Waals surface area contributed by atoms with Gasteiger partial charge in [-0.25, -0.2) is 13.8 Å². The van der Waals surface area contributed by atoms with Gasteiger partial charge in [-0.05, 0) is 31.2 Å². The minimum Gasteiger partial charge on any atom is -0.421 e. The molecule has 1 aromatic carbocycles. The molecule has 2 N–H and O–H groups in total. The molecule has 9 heteroatoms. The molecule has 2 atom stereocenters. The molecule has 0 spiro atoms. The van der Waals surface area contributed by atoms with Crippen molar-refractivity contribution in [2.24, 2.45) is 0 Å². The van der Waals surface area contributed by atoms with Crippen molar-refractivity contribution in [3.05, 3.63) is 36.0 Å². The van der Waals surface area contributed by atoms with Gasteiger partial charge in [0.05, 0.1) is 5.39 Å². The van der Waals surface area contributed by atoms with Crippen LogP contribution in [-0.2, 0) is 0 Å². The second-order valence-corrected chi connectivity index (χ2v) is 7.20. The van der Waals surface area contributed by atoms with Crippen LogP contribution in [0.4, 0.5) is 14.6 Å². The summed E-state index contributed by atoms with van der Waals surface area (Å²) in [6.45, 7) is 0. The molecular weight excluding hydrogens is 360 g/mol. The zero-order chi connectivity index (χ0) is 18.1. The summed E-state index contributed by atoms with van der Waals surface area (Å²) in [5.41, 5.74) is 0.485. The monoisotopic (exact) mass is 377 g/mol. The lowest BCUT2D eigenvalue weighted by Gasteiger charge is -2.18. The highest BCUT2D eigenvalue weighted by Gasteiger charge is 2.27. The number of nitrogens with zero attached hydrogens (tertiary/aromatic N) is 3. The average Bonchev–Trinajstić information content (AvgIpc) is 3.24. The van der Waals surface area contributed by atoms with Crippen LogP contribution in [0.1, 0.15) is 19.3 Å². The van der Waals surface area contributed by atoms with Crippen molar-refractivity contribution in [3.63, 3.8) is 0 Å². The number of H-pyrrole nitrogens is 1. The average molecular weight is 377 g/mol. The molecule has 0 aliphatic heterocycles. The molecule has 0 unspecified atom stereocenters. The fraction of sp³-hybridized carbons (Fsp3) is 0.353.